The summed E-state index contributed by atoms with van der Waals surface area (Å²) in [6.45, 7) is 2.24. The van der Waals surface area contributed by atoms with E-state index in [0.717, 1.165) is 12.0 Å². The molecule has 0 amide bonds. The predicted octanol–water partition coefficient (Wildman–Crippen LogP) is 3.38. The van der Waals surface area contributed by atoms with E-state index in [1.165, 1.54) is 55.3 Å². The highest BCUT2D eigenvalue weighted by Gasteiger charge is 2.36. The van der Waals surface area contributed by atoms with Crippen LogP contribution in [0.2, 0.25) is 0 Å². The monoisotopic (exact) mass is 237 g/mol. The molecule has 0 radical (unpaired) electrons. The van der Waals surface area contributed by atoms with Crippen LogP contribution in [0.3, 0.4) is 0 Å². The van der Waals surface area contributed by atoms with Gasteiger partial charge in [-0.2, -0.15) is 0 Å². The first-order valence-electron chi connectivity index (χ1n) is 6.47. The predicted molar refractivity (Wildman–Crippen MR) is 65.9 cm³/mol. The third kappa shape index (κ3) is 2.12. The van der Waals surface area contributed by atoms with Crippen LogP contribution in [0.5, 0.6) is 0 Å². The molecule has 3 rings (SSSR count). The van der Waals surface area contributed by atoms with Gasteiger partial charge in [-0.15, -0.1) is 10.2 Å². The van der Waals surface area contributed by atoms with E-state index in [9.17, 15) is 0 Å². The number of thioether (sulfide) groups is 1. The van der Waals surface area contributed by atoms with Crippen LogP contribution >= 0.6 is 11.8 Å². The van der Waals surface area contributed by atoms with Crippen molar-refractivity contribution in [3.05, 3.63) is 5.82 Å². The van der Waals surface area contributed by atoms with Crippen LogP contribution in [0.1, 0.15) is 63.2 Å². The Kier molecular flexibility index (Phi) is 2.92. The molecule has 1 heterocycles. The Labute approximate surface area is 101 Å². The molecule has 0 aromatic carbocycles. The molecular formula is C12H19N3S. The second kappa shape index (κ2) is 4.40. The van der Waals surface area contributed by atoms with Gasteiger partial charge in [0, 0.05) is 17.7 Å². The highest BCUT2D eigenvalue weighted by molar-refractivity contribution is 7.99. The van der Waals surface area contributed by atoms with Crippen molar-refractivity contribution in [1.29, 1.82) is 0 Å². The largest absolute Gasteiger partial charge is 0.303 e. The summed E-state index contributed by atoms with van der Waals surface area (Å²) in [7, 11) is 0. The lowest BCUT2D eigenvalue weighted by molar-refractivity contribution is 0.626. The van der Waals surface area contributed by atoms with Gasteiger partial charge in [-0.3, -0.25) is 0 Å². The smallest absolute Gasteiger partial charge is 0.191 e. The van der Waals surface area contributed by atoms with Crippen molar-refractivity contribution in [3.8, 4) is 0 Å². The van der Waals surface area contributed by atoms with Gasteiger partial charge in [-0.05, 0) is 32.1 Å². The number of hydrogen-bond acceptors (Lipinski definition) is 3. The number of aromatic nitrogens is 3. The Morgan fingerprint density at radius 1 is 1.25 bits per heavy atom. The summed E-state index contributed by atoms with van der Waals surface area (Å²) < 4.78 is 2.44. The molecule has 1 aromatic heterocycles. The lowest BCUT2D eigenvalue weighted by Gasteiger charge is -2.07. The SMILES string of the molecule is CCCCSc1nnc(C2CC2)n1C1CC1. The molecule has 16 heavy (non-hydrogen) atoms. The quantitative estimate of drug-likeness (QED) is 0.561. The van der Waals surface area contributed by atoms with Gasteiger partial charge in [0.05, 0.1) is 0 Å². The zero-order chi connectivity index (χ0) is 11.0. The van der Waals surface area contributed by atoms with Crippen molar-refractivity contribution in [2.75, 3.05) is 5.75 Å². The summed E-state index contributed by atoms with van der Waals surface area (Å²) in [5.74, 6) is 3.20. The van der Waals surface area contributed by atoms with Gasteiger partial charge >= 0.3 is 0 Å². The zero-order valence-electron chi connectivity index (χ0n) is 9.85. The van der Waals surface area contributed by atoms with Crippen molar-refractivity contribution in [1.82, 2.24) is 14.8 Å². The average Bonchev–Trinajstić information content (AvgIpc) is 3.19. The maximum absolute atomic E-state index is 4.41. The van der Waals surface area contributed by atoms with E-state index >= 15 is 0 Å². The Hall–Kier alpha value is -0.510. The van der Waals surface area contributed by atoms with Crippen molar-refractivity contribution in [2.24, 2.45) is 0 Å². The fraction of sp³-hybridized carbons (Fsp3) is 0.833. The molecule has 3 nitrogen and oxygen atoms in total. The maximum Gasteiger partial charge on any atom is 0.191 e. The van der Waals surface area contributed by atoms with Crippen LogP contribution < -0.4 is 0 Å². The molecule has 2 saturated carbocycles. The van der Waals surface area contributed by atoms with Crippen molar-refractivity contribution >= 4 is 11.8 Å². The van der Waals surface area contributed by atoms with Gasteiger partial charge in [-0.1, -0.05) is 25.1 Å². The molecule has 2 fully saturated rings. The molecule has 2 aliphatic carbocycles. The standard InChI is InChI=1S/C12H19N3S/c1-2-3-8-16-12-14-13-11(9-4-5-9)15(12)10-6-7-10/h9-10H,2-8H2,1H3. The average molecular weight is 237 g/mol. The van der Waals surface area contributed by atoms with Gasteiger partial charge < -0.3 is 4.57 Å². The Balaban J connectivity index is 1.75. The molecule has 2 aliphatic rings. The van der Waals surface area contributed by atoms with Crippen LogP contribution in [0.15, 0.2) is 5.16 Å². The van der Waals surface area contributed by atoms with Crippen molar-refractivity contribution < 1.29 is 0 Å². The number of nitrogens with zero attached hydrogens (tertiary/aromatic N) is 3. The second-order valence-corrected chi connectivity index (χ2v) is 5.98. The third-order valence-corrected chi connectivity index (χ3v) is 4.30. The minimum Gasteiger partial charge on any atom is -0.303 e. The van der Waals surface area contributed by atoms with E-state index in [4.69, 9.17) is 0 Å². The van der Waals surface area contributed by atoms with E-state index in [0.29, 0.717) is 0 Å². The number of rotatable bonds is 6. The first kappa shape index (κ1) is 10.6. The zero-order valence-corrected chi connectivity index (χ0v) is 10.7. The van der Waals surface area contributed by atoms with E-state index in [1.807, 2.05) is 11.8 Å². The molecule has 0 unspecified atom stereocenters. The molecule has 0 atom stereocenters. The summed E-state index contributed by atoms with van der Waals surface area (Å²) in [4.78, 5) is 0. The Morgan fingerprint density at radius 2 is 2.06 bits per heavy atom. The molecule has 0 bridgehead atoms. The minimum atomic E-state index is 0.730. The summed E-state index contributed by atoms with van der Waals surface area (Å²) in [6.07, 6.45) is 7.86. The van der Waals surface area contributed by atoms with Crippen LogP contribution in [-0.2, 0) is 0 Å². The Bertz CT molecular complexity index is 366. The first-order valence-corrected chi connectivity index (χ1v) is 7.46. The van der Waals surface area contributed by atoms with Crippen LogP contribution in [0, 0.1) is 0 Å². The van der Waals surface area contributed by atoms with Gasteiger partial charge in [0.2, 0.25) is 0 Å². The molecule has 0 spiro atoms. The van der Waals surface area contributed by atoms with Crippen LogP contribution in [0.4, 0.5) is 0 Å². The fourth-order valence-electron chi connectivity index (χ4n) is 1.99. The maximum atomic E-state index is 4.41. The molecule has 0 aliphatic heterocycles. The molecule has 88 valence electrons. The van der Waals surface area contributed by atoms with Crippen LogP contribution in [0.25, 0.3) is 0 Å². The van der Waals surface area contributed by atoms with Gasteiger partial charge in [0.1, 0.15) is 5.82 Å². The van der Waals surface area contributed by atoms with Crippen LogP contribution in [-0.4, -0.2) is 20.5 Å². The highest BCUT2D eigenvalue weighted by atomic mass is 32.2. The first-order chi connectivity index (χ1) is 7.90. The van der Waals surface area contributed by atoms with E-state index < -0.39 is 0 Å². The number of hydrogen-bond donors (Lipinski definition) is 0. The summed E-state index contributed by atoms with van der Waals surface area (Å²) in [5, 5.41) is 9.98. The normalized spacial score (nSPS) is 20.3. The van der Waals surface area contributed by atoms with E-state index in [2.05, 4.69) is 21.7 Å². The van der Waals surface area contributed by atoms with E-state index in [-0.39, 0.29) is 0 Å². The lowest BCUT2D eigenvalue weighted by atomic mass is 10.4. The summed E-state index contributed by atoms with van der Waals surface area (Å²) in [6, 6.07) is 0.731. The third-order valence-electron chi connectivity index (χ3n) is 3.27. The highest BCUT2D eigenvalue weighted by Crippen LogP contribution is 2.45. The molecular weight excluding hydrogens is 218 g/mol. The second-order valence-electron chi connectivity index (χ2n) is 4.92. The van der Waals surface area contributed by atoms with Gasteiger partial charge in [-0.25, -0.2) is 0 Å². The molecule has 4 heteroatoms. The topological polar surface area (TPSA) is 30.7 Å². The molecule has 1 aromatic rings. The minimum absolute atomic E-state index is 0.730. The lowest BCUT2D eigenvalue weighted by Crippen LogP contribution is -2.02. The molecule has 0 N–H and O–H groups in total. The van der Waals surface area contributed by atoms with E-state index in [1.54, 1.807) is 0 Å². The number of unbranched alkanes of at least 4 members (excludes halogenated alkanes) is 1. The van der Waals surface area contributed by atoms with Crippen molar-refractivity contribution in [2.45, 2.75) is 62.6 Å². The van der Waals surface area contributed by atoms with Crippen molar-refractivity contribution in [3.63, 3.8) is 0 Å². The summed E-state index contributed by atoms with van der Waals surface area (Å²) in [5.41, 5.74) is 0. The Morgan fingerprint density at radius 3 is 2.69 bits per heavy atom. The summed E-state index contributed by atoms with van der Waals surface area (Å²) >= 11 is 1.90. The van der Waals surface area contributed by atoms with Gasteiger partial charge in [0.15, 0.2) is 5.16 Å². The van der Waals surface area contributed by atoms with Gasteiger partial charge in [0.25, 0.3) is 0 Å². The molecule has 0 saturated heterocycles. The fourth-order valence-corrected chi connectivity index (χ4v) is 3.09.